The van der Waals surface area contributed by atoms with E-state index in [0.29, 0.717) is 18.8 Å². The second-order valence-electron chi connectivity index (χ2n) is 5.39. The van der Waals surface area contributed by atoms with Crippen LogP contribution in [0, 0.1) is 5.82 Å². The summed E-state index contributed by atoms with van der Waals surface area (Å²) in [5, 5.41) is 0.0337. The Morgan fingerprint density at radius 1 is 1.22 bits per heavy atom. The maximum Gasteiger partial charge on any atom is 0.351 e. The van der Waals surface area contributed by atoms with Gasteiger partial charge in [0.25, 0.3) is 0 Å². The SMILES string of the molecule is C=C(C)Oc1cc(-n2c(=O)n3n(c2=O)CCCC3)c(F)cc1Cl. The summed E-state index contributed by atoms with van der Waals surface area (Å²) < 4.78 is 23.1. The molecular formula is C15H15ClFN3O3. The minimum absolute atomic E-state index is 0.0337. The predicted molar refractivity (Wildman–Crippen MR) is 83.9 cm³/mol. The van der Waals surface area contributed by atoms with Crippen LogP contribution >= 0.6 is 11.6 Å². The highest BCUT2D eigenvalue weighted by Gasteiger charge is 2.22. The molecule has 0 atom stereocenters. The number of allylic oxidation sites excluding steroid dienone is 1. The van der Waals surface area contributed by atoms with Gasteiger partial charge < -0.3 is 4.74 Å². The molecule has 0 bridgehead atoms. The third-order valence-corrected chi connectivity index (χ3v) is 3.93. The van der Waals surface area contributed by atoms with Crippen molar-refractivity contribution in [2.75, 3.05) is 0 Å². The number of nitrogens with zero attached hydrogens (tertiary/aromatic N) is 3. The zero-order valence-electron chi connectivity index (χ0n) is 12.5. The highest BCUT2D eigenvalue weighted by Crippen LogP contribution is 2.30. The van der Waals surface area contributed by atoms with Crippen LogP contribution in [0.15, 0.2) is 34.1 Å². The highest BCUT2D eigenvalue weighted by molar-refractivity contribution is 6.32. The summed E-state index contributed by atoms with van der Waals surface area (Å²) in [5.41, 5.74) is -1.33. The number of rotatable bonds is 3. The minimum Gasteiger partial charge on any atom is -0.461 e. The molecule has 2 aromatic rings. The van der Waals surface area contributed by atoms with Gasteiger partial charge in [0.1, 0.15) is 11.6 Å². The van der Waals surface area contributed by atoms with E-state index in [1.807, 2.05) is 0 Å². The first-order valence-electron chi connectivity index (χ1n) is 7.15. The van der Waals surface area contributed by atoms with E-state index in [-0.39, 0.29) is 16.5 Å². The van der Waals surface area contributed by atoms with Crippen molar-refractivity contribution in [3.05, 3.63) is 56.3 Å². The summed E-state index contributed by atoms with van der Waals surface area (Å²) >= 11 is 5.93. The molecule has 0 amide bonds. The molecular weight excluding hydrogens is 325 g/mol. The molecule has 6 nitrogen and oxygen atoms in total. The first-order valence-corrected chi connectivity index (χ1v) is 7.53. The zero-order valence-corrected chi connectivity index (χ0v) is 13.3. The average Bonchev–Trinajstić information content (AvgIpc) is 2.74. The molecule has 23 heavy (non-hydrogen) atoms. The Hall–Kier alpha value is -2.28. The molecule has 8 heteroatoms. The zero-order chi connectivity index (χ0) is 16.7. The van der Waals surface area contributed by atoms with Gasteiger partial charge in [-0.3, -0.25) is 0 Å². The van der Waals surface area contributed by atoms with Gasteiger partial charge in [0.2, 0.25) is 0 Å². The van der Waals surface area contributed by atoms with Crippen LogP contribution in [0.25, 0.3) is 5.69 Å². The minimum atomic E-state index is -0.771. The van der Waals surface area contributed by atoms with Crippen molar-refractivity contribution in [1.82, 2.24) is 13.9 Å². The summed E-state index contributed by atoms with van der Waals surface area (Å²) in [4.78, 5) is 24.9. The number of benzene rings is 1. The Morgan fingerprint density at radius 3 is 2.30 bits per heavy atom. The van der Waals surface area contributed by atoms with E-state index in [9.17, 15) is 14.0 Å². The van der Waals surface area contributed by atoms with Gasteiger partial charge in [0.05, 0.1) is 16.5 Å². The van der Waals surface area contributed by atoms with Gasteiger partial charge in [-0.15, -0.1) is 0 Å². The third kappa shape index (κ3) is 2.61. The first-order chi connectivity index (χ1) is 10.9. The van der Waals surface area contributed by atoms with Gasteiger partial charge in [-0.25, -0.2) is 27.9 Å². The fourth-order valence-corrected chi connectivity index (χ4v) is 2.83. The van der Waals surface area contributed by atoms with E-state index in [1.54, 1.807) is 6.92 Å². The smallest absolute Gasteiger partial charge is 0.351 e. The van der Waals surface area contributed by atoms with Crippen LogP contribution in [-0.2, 0) is 13.1 Å². The number of fused-ring (bicyclic) bond motifs is 1. The Kier molecular flexibility index (Phi) is 3.89. The Morgan fingerprint density at radius 2 is 1.78 bits per heavy atom. The second-order valence-corrected chi connectivity index (χ2v) is 5.80. The fraction of sp³-hybridized carbons (Fsp3) is 0.333. The number of hydrogen-bond donors (Lipinski definition) is 0. The maximum atomic E-state index is 14.3. The van der Waals surface area contributed by atoms with Crippen molar-refractivity contribution in [2.45, 2.75) is 32.9 Å². The maximum absolute atomic E-state index is 14.3. The van der Waals surface area contributed by atoms with Crippen LogP contribution in [0.2, 0.25) is 5.02 Å². The molecule has 2 heterocycles. The molecule has 0 saturated heterocycles. The molecule has 0 unspecified atom stereocenters. The van der Waals surface area contributed by atoms with Gasteiger partial charge in [0, 0.05) is 19.2 Å². The number of hydrogen-bond acceptors (Lipinski definition) is 3. The van der Waals surface area contributed by atoms with Crippen LogP contribution in [0.5, 0.6) is 5.75 Å². The quantitative estimate of drug-likeness (QED) is 0.806. The third-order valence-electron chi connectivity index (χ3n) is 3.63. The molecule has 3 rings (SSSR count). The fourth-order valence-electron chi connectivity index (χ4n) is 2.64. The largest absolute Gasteiger partial charge is 0.461 e. The Bertz CT molecular complexity index is 872. The van der Waals surface area contributed by atoms with Crippen molar-refractivity contribution >= 4 is 11.6 Å². The van der Waals surface area contributed by atoms with Gasteiger partial charge in [0.15, 0.2) is 0 Å². The molecule has 0 radical (unpaired) electrons. The molecule has 1 aliphatic heterocycles. The van der Waals surface area contributed by atoms with E-state index < -0.39 is 17.2 Å². The monoisotopic (exact) mass is 339 g/mol. The van der Waals surface area contributed by atoms with Crippen LogP contribution in [-0.4, -0.2) is 13.9 Å². The van der Waals surface area contributed by atoms with Gasteiger partial charge >= 0.3 is 11.4 Å². The van der Waals surface area contributed by atoms with E-state index in [4.69, 9.17) is 16.3 Å². The van der Waals surface area contributed by atoms with Crippen LogP contribution in [0.3, 0.4) is 0 Å². The van der Waals surface area contributed by atoms with Crippen molar-refractivity contribution in [3.8, 4) is 11.4 Å². The Labute approximate surface area is 135 Å². The lowest BCUT2D eigenvalue weighted by Gasteiger charge is -2.13. The summed E-state index contributed by atoms with van der Waals surface area (Å²) in [6, 6.07) is 2.25. The molecule has 1 aliphatic rings. The standard InChI is InChI=1S/C15H15ClFN3O3/c1-9(2)23-13-8-12(11(17)7-10(13)16)20-14(21)18-5-3-4-6-19(18)15(20)22/h7-8H,1,3-6H2,2H3. The van der Waals surface area contributed by atoms with Gasteiger partial charge in [-0.2, -0.15) is 0 Å². The molecule has 0 fully saturated rings. The number of aromatic nitrogens is 3. The first kappa shape index (κ1) is 15.6. The molecule has 0 N–H and O–H groups in total. The Balaban J connectivity index is 2.23. The van der Waals surface area contributed by atoms with Crippen LogP contribution in [0.4, 0.5) is 4.39 Å². The predicted octanol–water partition coefficient (Wildman–Crippen LogP) is 2.30. The van der Waals surface area contributed by atoms with Crippen molar-refractivity contribution in [1.29, 1.82) is 0 Å². The van der Waals surface area contributed by atoms with E-state index in [0.717, 1.165) is 23.5 Å². The molecule has 1 aromatic heterocycles. The van der Waals surface area contributed by atoms with E-state index >= 15 is 0 Å². The molecule has 0 saturated carbocycles. The second kappa shape index (κ2) is 5.73. The summed E-state index contributed by atoms with van der Waals surface area (Å²) in [5.74, 6) is -0.285. The number of ether oxygens (including phenoxy) is 1. The summed E-state index contributed by atoms with van der Waals surface area (Å²) in [6.07, 6.45) is 1.60. The molecule has 0 aliphatic carbocycles. The van der Waals surface area contributed by atoms with Crippen molar-refractivity contribution < 1.29 is 9.13 Å². The van der Waals surface area contributed by atoms with Crippen LogP contribution < -0.4 is 16.1 Å². The lowest BCUT2D eigenvalue weighted by Crippen LogP contribution is -2.30. The molecule has 1 aromatic carbocycles. The summed E-state index contributed by atoms with van der Waals surface area (Å²) in [6.45, 7) is 6.07. The van der Waals surface area contributed by atoms with Crippen molar-refractivity contribution in [2.24, 2.45) is 0 Å². The van der Waals surface area contributed by atoms with E-state index in [2.05, 4.69) is 6.58 Å². The molecule has 122 valence electrons. The normalized spacial score (nSPS) is 13.7. The average molecular weight is 340 g/mol. The van der Waals surface area contributed by atoms with Crippen molar-refractivity contribution in [3.63, 3.8) is 0 Å². The molecule has 0 spiro atoms. The van der Waals surface area contributed by atoms with Gasteiger partial charge in [-0.1, -0.05) is 18.2 Å². The van der Waals surface area contributed by atoms with E-state index in [1.165, 1.54) is 15.4 Å². The lowest BCUT2D eigenvalue weighted by atomic mass is 10.2. The highest BCUT2D eigenvalue weighted by atomic mass is 35.5. The summed E-state index contributed by atoms with van der Waals surface area (Å²) in [7, 11) is 0. The van der Waals surface area contributed by atoms with Gasteiger partial charge in [-0.05, 0) is 25.8 Å². The van der Waals surface area contributed by atoms with Crippen LogP contribution in [0.1, 0.15) is 19.8 Å². The number of halogens is 2. The lowest BCUT2D eigenvalue weighted by molar-refractivity contribution is 0.348. The topological polar surface area (TPSA) is 58.2 Å².